The molecule has 0 aliphatic carbocycles. The van der Waals surface area contributed by atoms with Crippen LogP contribution in [0.15, 0.2) is 53.8 Å². The average molecular weight is 404 g/mol. The van der Waals surface area contributed by atoms with Gasteiger partial charge in [-0.25, -0.2) is 9.97 Å². The standard InChI is InChI=1S/C21H20N6OS/c1-13-9-14(2)18(15(3)10-13)24-17(28)11-29-21-19-20(22-12-23-21)27(26-25-19)16-7-5-4-6-8-16/h4-10,12H,11H2,1-3H3,(H,24,28). The first-order chi connectivity index (χ1) is 14.0. The van der Waals surface area contributed by atoms with E-state index in [1.165, 1.54) is 23.7 Å². The Bertz CT molecular complexity index is 1170. The summed E-state index contributed by atoms with van der Waals surface area (Å²) in [5.41, 5.74) is 6.21. The maximum Gasteiger partial charge on any atom is 0.234 e. The third-order valence-electron chi connectivity index (χ3n) is 4.49. The fraction of sp³-hybridized carbons (Fsp3) is 0.190. The quantitative estimate of drug-likeness (QED) is 0.401. The number of para-hydroxylation sites is 1. The van der Waals surface area contributed by atoms with E-state index in [1.807, 2.05) is 51.1 Å². The van der Waals surface area contributed by atoms with Crippen molar-refractivity contribution in [2.75, 3.05) is 11.1 Å². The summed E-state index contributed by atoms with van der Waals surface area (Å²) >= 11 is 1.32. The number of anilines is 1. The second-order valence-corrected chi connectivity index (χ2v) is 7.76. The molecule has 0 fully saturated rings. The molecule has 29 heavy (non-hydrogen) atoms. The van der Waals surface area contributed by atoms with Crippen LogP contribution < -0.4 is 5.32 Å². The van der Waals surface area contributed by atoms with Crippen LogP contribution in [0.2, 0.25) is 0 Å². The summed E-state index contributed by atoms with van der Waals surface area (Å²) in [6.45, 7) is 6.04. The molecule has 2 heterocycles. The number of carbonyl (C=O) groups excluding carboxylic acids is 1. The number of thioether (sulfide) groups is 1. The van der Waals surface area contributed by atoms with E-state index in [0.717, 1.165) is 22.5 Å². The van der Waals surface area contributed by atoms with E-state index in [0.29, 0.717) is 16.2 Å². The predicted octanol–water partition coefficient (Wildman–Crippen LogP) is 3.87. The maximum atomic E-state index is 12.5. The van der Waals surface area contributed by atoms with E-state index < -0.39 is 0 Å². The average Bonchev–Trinajstić information content (AvgIpc) is 3.14. The molecule has 0 aliphatic rings. The van der Waals surface area contributed by atoms with Crippen molar-refractivity contribution in [1.82, 2.24) is 25.0 Å². The van der Waals surface area contributed by atoms with Crippen molar-refractivity contribution < 1.29 is 4.79 Å². The number of amides is 1. The van der Waals surface area contributed by atoms with Crippen LogP contribution in [0.4, 0.5) is 5.69 Å². The number of carbonyl (C=O) groups is 1. The van der Waals surface area contributed by atoms with Gasteiger partial charge in [-0.3, -0.25) is 4.79 Å². The highest BCUT2D eigenvalue weighted by Gasteiger charge is 2.15. The SMILES string of the molecule is Cc1cc(C)c(NC(=O)CSc2ncnc3c2nnn3-c2ccccc2)c(C)c1. The van der Waals surface area contributed by atoms with Crippen LogP contribution in [-0.4, -0.2) is 36.6 Å². The molecular formula is C21H20N6OS. The van der Waals surface area contributed by atoms with Gasteiger partial charge in [-0.2, -0.15) is 4.68 Å². The number of fused-ring (bicyclic) bond motifs is 1. The lowest BCUT2D eigenvalue weighted by atomic mass is 10.1. The maximum absolute atomic E-state index is 12.5. The molecule has 0 spiro atoms. The highest BCUT2D eigenvalue weighted by molar-refractivity contribution is 8.00. The van der Waals surface area contributed by atoms with Gasteiger partial charge in [0.1, 0.15) is 11.4 Å². The van der Waals surface area contributed by atoms with Crippen molar-refractivity contribution in [3.63, 3.8) is 0 Å². The second kappa shape index (κ2) is 8.00. The summed E-state index contributed by atoms with van der Waals surface area (Å²) in [6, 6.07) is 13.8. The molecule has 146 valence electrons. The number of benzene rings is 2. The summed E-state index contributed by atoms with van der Waals surface area (Å²) in [4.78, 5) is 21.1. The molecule has 0 saturated carbocycles. The number of nitrogens with one attached hydrogen (secondary N) is 1. The molecule has 4 aromatic rings. The van der Waals surface area contributed by atoms with Crippen molar-refractivity contribution in [2.24, 2.45) is 0 Å². The van der Waals surface area contributed by atoms with E-state index in [-0.39, 0.29) is 11.7 Å². The molecule has 0 atom stereocenters. The number of nitrogens with zero attached hydrogens (tertiary/aromatic N) is 5. The fourth-order valence-corrected chi connectivity index (χ4v) is 3.99. The molecule has 0 radical (unpaired) electrons. The number of hydrogen-bond donors (Lipinski definition) is 1. The summed E-state index contributed by atoms with van der Waals surface area (Å²) in [5.74, 6) is 0.129. The third-order valence-corrected chi connectivity index (χ3v) is 5.47. The van der Waals surface area contributed by atoms with Gasteiger partial charge in [0.25, 0.3) is 0 Å². The number of aryl methyl sites for hydroxylation is 3. The highest BCUT2D eigenvalue weighted by atomic mass is 32.2. The van der Waals surface area contributed by atoms with Crippen LogP contribution in [0.3, 0.4) is 0 Å². The Balaban J connectivity index is 1.52. The first kappa shape index (κ1) is 19.1. The Morgan fingerprint density at radius 3 is 2.52 bits per heavy atom. The molecule has 0 aliphatic heterocycles. The lowest BCUT2D eigenvalue weighted by Crippen LogP contribution is -2.16. The van der Waals surface area contributed by atoms with Crippen molar-refractivity contribution in [2.45, 2.75) is 25.8 Å². The van der Waals surface area contributed by atoms with Gasteiger partial charge in [-0.1, -0.05) is 52.9 Å². The van der Waals surface area contributed by atoms with Gasteiger partial charge < -0.3 is 5.32 Å². The van der Waals surface area contributed by atoms with Gasteiger partial charge in [0.2, 0.25) is 5.91 Å². The van der Waals surface area contributed by atoms with Crippen LogP contribution in [0.25, 0.3) is 16.9 Å². The van der Waals surface area contributed by atoms with Gasteiger partial charge in [-0.05, 0) is 44.0 Å². The van der Waals surface area contributed by atoms with E-state index in [1.54, 1.807) is 4.68 Å². The Labute approximate surface area is 172 Å². The van der Waals surface area contributed by atoms with E-state index in [2.05, 4.69) is 37.7 Å². The summed E-state index contributed by atoms with van der Waals surface area (Å²) < 4.78 is 1.67. The van der Waals surface area contributed by atoms with Crippen LogP contribution in [0.1, 0.15) is 16.7 Å². The number of aromatic nitrogens is 5. The van der Waals surface area contributed by atoms with E-state index >= 15 is 0 Å². The molecule has 0 bridgehead atoms. The van der Waals surface area contributed by atoms with Crippen molar-refractivity contribution in [3.8, 4) is 5.69 Å². The minimum atomic E-state index is -0.0905. The van der Waals surface area contributed by atoms with Crippen LogP contribution >= 0.6 is 11.8 Å². The zero-order chi connectivity index (χ0) is 20.4. The Hall–Kier alpha value is -3.26. The largest absolute Gasteiger partial charge is 0.325 e. The molecule has 8 heteroatoms. The Kier molecular flexibility index (Phi) is 5.26. The molecule has 0 saturated heterocycles. The molecular weight excluding hydrogens is 384 g/mol. The second-order valence-electron chi connectivity index (χ2n) is 6.80. The molecule has 0 unspecified atom stereocenters. The normalized spacial score (nSPS) is 11.0. The third kappa shape index (κ3) is 3.97. The van der Waals surface area contributed by atoms with E-state index in [9.17, 15) is 4.79 Å². The molecule has 2 aromatic carbocycles. The van der Waals surface area contributed by atoms with Gasteiger partial charge in [0.05, 0.1) is 11.4 Å². The minimum absolute atomic E-state index is 0.0905. The Morgan fingerprint density at radius 1 is 1.07 bits per heavy atom. The molecule has 1 N–H and O–H groups in total. The van der Waals surface area contributed by atoms with Gasteiger partial charge in [-0.15, -0.1) is 5.10 Å². The summed E-state index contributed by atoms with van der Waals surface area (Å²) in [5, 5.41) is 12.1. The first-order valence-corrected chi connectivity index (χ1v) is 10.1. The number of hydrogen-bond acceptors (Lipinski definition) is 6. The first-order valence-electron chi connectivity index (χ1n) is 9.15. The predicted molar refractivity (Wildman–Crippen MR) is 114 cm³/mol. The van der Waals surface area contributed by atoms with Crippen molar-refractivity contribution in [1.29, 1.82) is 0 Å². The number of rotatable bonds is 5. The van der Waals surface area contributed by atoms with Gasteiger partial charge >= 0.3 is 0 Å². The molecule has 7 nitrogen and oxygen atoms in total. The molecule has 2 aromatic heterocycles. The van der Waals surface area contributed by atoms with Crippen LogP contribution in [0.5, 0.6) is 0 Å². The minimum Gasteiger partial charge on any atom is -0.325 e. The smallest absolute Gasteiger partial charge is 0.234 e. The highest BCUT2D eigenvalue weighted by Crippen LogP contribution is 2.25. The monoisotopic (exact) mass is 404 g/mol. The topological polar surface area (TPSA) is 85.6 Å². The Morgan fingerprint density at radius 2 is 1.79 bits per heavy atom. The summed E-state index contributed by atoms with van der Waals surface area (Å²) in [6.07, 6.45) is 1.47. The van der Waals surface area contributed by atoms with E-state index in [4.69, 9.17) is 0 Å². The van der Waals surface area contributed by atoms with Crippen LogP contribution in [0, 0.1) is 20.8 Å². The lowest BCUT2D eigenvalue weighted by molar-refractivity contribution is -0.113. The zero-order valence-corrected chi connectivity index (χ0v) is 17.2. The fourth-order valence-electron chi connectivity index (χ4n) is 3.26. The van der Waals surface area contributed by atoms with Gasteiger partial charge in [0.15, 0.2) is 11.2 Å². The van der Waals surface area contributed by atoms with Crippen molar-refractivity contribution >= 4 is 34.5 Å². The van der Waals surface area contributed by atoms with Crippen LogP contribution in [-0.2, 0) is 4.79 Å². The van der Waals surface area contributed by atoms with Gasteiger partial charge in [0, 0.05) is 5.69 Å². The molecule has 4 rings (SSSR count). The summed E-state index contributed by atoms with van der Waals surface area (Å²) in [7, 11) is 0. The molecule has 1 amide bonds. The lowest BCUT2D eigenvalue weighted by Gasteiger charge is -2.12. The van der Waals surface area contributed by atoms with Crippen molar-refractivity contribution in [3.05, 3.63) is 65.5 Å². The zero-order valence-electron chi connectivity index (χ0n) is 16.4.